The van der Waals surface area contributed by atoms with Gasteiger partial charge in [-0.15, -0.1) is 6.42 Å². The van der Waals surface area contributed by atoms with Gasteiger partial charge < -0.3 is 30.1 Å². The number of piperazine rings is 2. The van der Waals surface area contributed by atoms with Gasteiger partial charge in [-0.25, -0.2) is 13.6 Å². The van der Waals surface area contributed by atoms with Gasteiger partial charge in [0.05, 0.1) is 22.0 Å². The van der Waals surface area contributed by atoms with Crippen molar-refractivity contribution in [1.29, 1.82) is 0 Å². The number of nitrogens with one attached hydrogen (secondary N) is 2. The zero-order valence-corrected chi connectivity index (χ0v) is 39.8. The van der Waals surface area contributed by atoms with Gasteiger partial charge in [0.15, 0.2) is 11.6 Å². The summed E-state index contributed by atoms with van der Waals surface area (Å²) in [5.41, 5.74) is 2.85. The van der Waals surface area contributed by atoms with Crippen LogP contribution < -0.4 is 30.1 Å². The number of nitrogens with zero attached hydrogens (tertiary/aromatic N) is 10. The Hall–Kier alpha value is -7.47. The van der Waals surface area contributed by atoms with Crippen molar-refractivity contribution in [3.63, 3.8) is 0 Å². The average molecular weight is 981 g/mol. The minimum absolute atomic E-state index is 0.0184. The van der Waals surface area contributed by atoms with Gasteiger partial charge in [0.2, 0.25) is 5.91 Å². The van der Waals surface area contributed by atoms with E-state index in [0.717, 1.165) is 93.5 Å². The second-order valence-electron chi connectivity index (χ2n) is 19.8. The number of hydrogen-bond donors (Lipinski definition) is 4. The number of aromatic hydroxyl groups is 1. The molecule has 12 rings (SSSR count). The average Bonchev–Trinajstić information content (AvgIpc) is 4.09. The fourth-order valence-electron chi connectivity index (χ4n) is 12.1. The lowest BCUT2D eigenvalue weighted by molar-refractivity contribution is -0.123. The number of fused-ring (bicyclic) bond motifs is 6. The van der Waals surface area contributed by atoms with Crippen LogP contribution in [0.4, 0.5) is 30.9 Å². The Balaban J connectivity index is 0.00000182. The molecule has 0 spiro atoms. The quantitative estimate of drug-likeness (QED) is 0.0843. The van der Waals surface area contributed by atoms with E-state index < -0.39 is 17.7 Å². The van der Waals surface area contributed by atoms with Gasteiger partial charge in [-0.2, -0.15) is 15.1 Å². The molecule has 6 aromatic rings. The molecule has 6 aliphatic rings. The monoisotopic (exact) mass is 980 g/mol. The van der Waals surface area contributed by atoms with E-state index in [9.17, 15) is 14.7 Å². The molecule has 2 bridgehead atoms. The lowest BCUT2D eigenvalue weighted by Crippen LogP contribution is -2.53. The Morgan fingerprint density at radius 1 is 0.986 bits per heavy atom. The number of aryl methyl sites for hydroxylation is 1. The molecular weight excluding hydrogens is 927 g/mol. The van der Waals surface area contributed by atoms with E-state index in [1.54, 1.807) is 10.9 Å². The Morgan fingerprint density at radius 3 is 2.51 bits per heavy atom. The van der Waals surface area contributed by atoms with Crippen LogP contribution in [0, 0.1) is 24.0 Å². The van der Waals surface area contributed by atoms with Crippen LogP contribution in [0.2, 0.25) is 0 Å². The number of pyridine rings is 1. The van der Waals surface area contributed by atoms with Crippen molar-refractivity contribution in [3.8, 4) is 35.4 Å². The highest BCUT2D eigenvalue weighted by atomic mass is 19.1. The van der Waals surface area contributed by atoms with E-state index in [0.29, 0.717) is 48.6 Å². The summed E-state index contributed by atoms with van der Waals surface area (Å²) in [6.45, 7) is 11.3. The molecule has 3 amide bonds. The Kier molecular flexibility index (Phi) is 12.1. The number of phenolic OH excluding ortho intramolecular Hbond substituents is 1. The third-order valence-corrected chi connectivity index (χ3v) is 15.4. The lowest BCUT2D eigenvalue weighted by atomic mass is 9.94. The maximum absolute atomic E-state index is 17.3. The van der Waals surface area contributed by atoms with Crippen LogP contribution in [0.5, 0.6) is 11.8 Å². The third-order valence-electron chi connectivity index (χ3n) is 15.4. The summed E-state index contributed by atoms with van der Waals surface area (Å²) < 4.78 is 40.9. The van der Waals surface area contributed by atoms with Crippen LogP contribution in [-0.4, -0.2) is 152 Å². The number of aromatic nitrogens is 5. The first-order valence-electron chi connectivity index (χ1n) is 24.3. The lowest BCUT2D eigenvalue weighted by Gasteiger charge is -2.40. The number of benzene rings is 3. The number of phenols is 1. The van der Waals surface area contributed by atoms with Gasteiger partial charge in [0.1, 0.15) is 35.2 Å². The van der Waals surface area contributed by atoms with Gasteiger partial charge in [0.25, 0.3) is 6.47 Å². The van der Waals surface area contributed by atoms with Crippen molar-refractivity contribution in [3.05, 3.63) is 78.0 Å². The van der Waals surface area contributed by atoms with Gasteiger partial charge >= 0.3 is 12.0 Å². The Labute approximate surface area is 413 Å². The first-order chi connectivity index (χ1) is 34.8. The Bertz CT molecular complexity index is 3230. The number of urea groups is 1. The summed E-state index contributed by atoms with van der Waals surface area (Å²) in [5, 5.41) is 30.4. The largest absolute Gasteiger partial charge is 0.508 e. The van der Waals surface area contributed by atoms with Crippen molar-refractivity contribution < 1.29 is 38.1 Å². The number of hydrogen-bond acceptors (Lipinski definition) is 14. The van der Waals surface area contributed by atoms with Crippen LogP contribution in [0.3, 0.4) is 0 Å². The molecule has 6 saturated heterocycles. The van der Waals surface area contributed by atoms with Crippen molar-refractivity contribution in [1.82, 2.24) is 45.2 Å². The summed E-state index contributed by atoms with van der Waals surface area (Å²) in [6, 6.07) is 12.2. The molecule has 3 aromatic carbocycles. The highest BCUT2D eigenvalue weighted by Crippen LogP contribution is 2.45. The van der Waals surface area contributed by atoms with Crippen LogP contribution in [0.15, 0.2) is 60.8 Å². The van der Waals surface area contributed by atoms with Crippen LogP contribution >= 0.6 is 0 Å². The number of carboxylic acid groups (broad SMARTS) is 1. The van der Waals surface area contributed by atoms with E-state index >= 15 is 8.78 Å². The summed E-state index contributed by atoms with van der Waals surface area (Å²) in [4.78, 5) is 58.3. The molecule has 6 fully saturated rings. The van der Waals surface area contributed by atoms with Crippen molar-refractivity contribution in [2.45, 2.75) is 62.2 Å². The highest BCUT2D eigenvalue weighted by molar-refractivity contribution is 6.09. The summed E-state index contributed by atoms with van der Waals surface area (Å²) in [6.07, 6.45) is 12.3. The van der Waals surface area contributed by atoms with Crippen molar-refractivity contribution in [2.24, 2.45) is 7.05 Å². The topological polar surface area (TPSA) is 198 Å². The molecule has 72 heavy (non-hydrogen) atoms. The molecule has 20 heteroatoms. The molecule has 372 valence electrons. The van der Waals surface area contributed by atoms with E-state index in [1.807, 2.05) is 13.1 Å². The number of terminal acetylenes is 1. The highest BCUT2D eigenvalue weighted by Gasteiger charge is 2.51. The van der Waals surface area contributed by atoms with Crippen LogP contribution in [-0.2, 0) is 16.6 Å². The molecule has 6 aliphatic heterocycles. The third kappa shape index (κ3) is 8.34. The van der Waals surface area contributed by atoms with Gasteiger partial charge in [-0.3, -0.25) is 39.3 Å². The molecule has 18 nitrogen and oxygen atoms in total. The van der Waals surface area contributed by atoms with E-state index in [2.05, 4.69) is 64.9 Å². The molecule has 4 N–H and O–H groups in total. The molecule has 9 heterocycles. The number of halogens is 2. The van der Waals surface area contributed by atoms with Crippen LogP contribution in [0.1, 0.15) is 44.1 Å². The van der Waals surface area contributed by atoms with E-state index in [4.69, 9.17) is 31.0 Å². The molecule has 0 radical (unpaired) electrons. The predicted octanol–water partition coefficient (Wildman–Crippen LogP) is 5.15. The van der Waals surface area contributed by atoms with Crippen molar-refractivity contribution >= 4 is 68.3 Å². The summed E-state index contributed by atoms with van der Waals surface area (Å²) in [7, 11) is 1.87. The zero-order valence-electron chi connectivity index (χ0n) is 39.8. The first kappa shape index (κ1) is 46.9. The molecular formula is C52H54F2N12O6. The minimum atomic E-state index is -0.747. The maximum atomic E-state index is 17.3. The van der Waals surface area contributed by atoms with Gasteiger partial charge in [0, 0.05) is 119 Å². The minimum Gasteiger partial charge on any atom is -0.508 e. The second kappa shape index (κ2) is 18.6. The summed E-state index contributed by atoms with van der Waals surface area (Å²) in [5.74, 6) is 1.71. The molecule has 0 saturated carbocycles. The maximum Gasteiger partial charge on any atom is 0.329 e. The van der Waals surface area contributed by atoms with Crippen molar-refractivity contribution in [2.75, 3.05) is 80.2 Å². The fraction of sp³-hybridized carbons (Fsp3) is 0.404. The number of rotatable bonds is 9. The predicted molar refractivity (Wildman–Crippen MR) is 267 cm³/mol. The standard InChI is InChI=1S/C51H52F2N12O4.CH2O2/c1-4-36-40(52)10-5-30-19-35(66)21-38(43(30)36)45-44(53)46-39(23-54-45)47(63-25-31-6-7-32(26-63)55-31)58-49(57-46)69-28-51-13-11-34(65(51)24-29(2)22-51)27-61-15-17-62(18-16-61)33-8-9-37-41(20-33)60(3)59-48(37)64-14-12-42(67)56-50(64)68;2-1-3/h1,5,8-10,19-21,23,31-32,34,55,66H,2,6-7,11-18,22,24-28H2,3H3,(H,56,67,68);1H,(H,2,3). The van der Waals surface area contributed by atoms with Crippen LogP contribution in [0.25, 0.3) is 43.8 Å². The smallest absolute Gasteiger partial charge is 0.329 e. The number of anilines is 3. The first-order valence-corrected chi connectivity index (χ1v) is 24.3. The molecule has 4 atom stereocenters. The number of imide groups is 1. The number of carbonyl (C=O) groups excluding carboxylic acids is 2. The molecule has 4 unspecified atom stereocenters. The number of carbonyl (C=O) groups is 3. The molecule has 3 aromatic heterocycles. The summed E-state index contributed by atoms with van der Waals surface area (Å²) >= 11 is 0. The number of amides is 3. The van der Waals surface area contributed by atoms with Gasteiger partial charge in [-0.1, -0.05) is 24.1 Å². The number of ether oxygens (including phenoxy) is 1. The SMILES string of the molecule is C#Cc1c(F)ccc2cc(O)cc(-c3ncc4c(N5CC6CCC(C5)N6)nc(OCC56CCC(CN7CCN(c8ccc9c(N%10CCC(=O)NC%10=O)nn(C)c9c8)CC7)N5CC(=C)C6)nc4c3F)c12.O=CO. The normalized spacial score (nSPS) is 23.4. The van der Waals surface area contributed by atoms with E-state index in [-0.39, 0.29) is 81.9 Å². The second-order valence-corrected chi connectivity index (χ2v) is 19.8. The Morgan fingerprint density at radius 2 is 1.76 bits per heavy atom. The zero-order chi connectivity index (χ0) is 50.0. The van der Waals surface area contributed by atoms with E-state index in [1.165, 1.54) is 29.2 Å². The van der Waals surface area contributed by atoms with Gasteiger partial charge in [-0.05, 0) is 73.9 Å². The molecule has 0 aliphatic carbocycles. The fourth-order valence-corrected chi connectivity index (χ4v) is 12.1.